The van der Waals surface area contributed by atoms with Crippen molar-refractivity contribution in [1.82, 2.24) is 10.1 Å². The third-order valence-corrected chi connectivity index (χ3v) is 2.56. The van der Waals surface area contributed by atoms with Crippen LogP contribution in [0.1, 0.15) is 19.7 Å². The summed E-state index contributed by atoms with van der Waals surface area (Å²) in [7, 11) is 1.58. The molecule has 5 nitrogen and oxygen atoms in total. The van der Waals surface area contributed by atoms with E-state index in [1.165, 1.54) is 0 Å². The van der Waals surface area contributed by atoms with E-state index in [0.29, 0.717) is 17.3 Å². The van der Waals surface area contributed by atoms with Gasteiger partial charge in [-0.1, -0.05) is 17.3 Å². The standard InChI is InChI=1S/C12H14N2O3/c1-12(2,16-3)11-13-10(14-17-11)8-5-4-6-9(15)7-8/h4-7,15H,1-3H3. The zero-order valence-electron chi connectivity index (χ0n) is 9.97. The third-order valence-electron chi connectivity index (χ3n) is 2.56. The minimum atomic E-state index is -0.623. The molecule has 0 radical (unpaired) electrons. The highest BCUT2D eigenvalue weighted by atomic mass is 16.5. The Morgan fingerprint density at radius 1 is 1.35 bits per heavy atom. The number of aromatic hydroxyl groups is 1. The van der Waals surface area contributed by atoms with E-state index in [9.17, 15) is 5.11 Å². The predicted molar refractivity (Wildman–Crippen MR) is 61.4 cm³/mol. The van der Waals surface area contributed by atoms with Crippen molar-refractivity contribution in [1.29, 1.82) is 0 Å². The Balaban J connectivity index is 2.36. The van der Waals surface area contributed by atoms with Gasteiger partial charge in [0.2, 0.25) is 5.82 Å². The second kappa shape index (κ2) is 4.18. The third kappa shape index (κ3) is 2.29. The quantitative estimate of drug-likeness (QED) is 0.882. The second-order valence-corrected chi connectivity index (χ2v) is 4.19. The van der Waals surface area contributed by atoms with Crippen molar-refractivity contribution < 1.29 is 14.4 Å². The van der Waals surface area contributed by atoms with Crippen LogP contribution in [0.5, 0.6) is 5.75 Å². The summed E-state index contributed by atoms with van der Waals surface area (Å²) in [5, 5.41) is 13.2. The fourth-order valence-electron chi connectivity index (χ4n) is 1.32. The summed E-state index contributed by atoms with van der Waals surface area (Å²) in [6.45, 7) is 3.68. The summed E-state index contributed by atoms with van der Waals surface area (Å²) in [6.07, 6.45) is 0. The fourth-order valence-corrected chi connectivity index (χ4v) is 1.32. The maximum Gasteiger partial charge on any atom is 0.258 e. The first kappa shape index (κ1) is 11.6. The number of benzene rings is 1. The Bertz CT molecular complexity index is 520. The molecular formula is C12H14N2O3. The number of hydrogen-bond acceptors (Lipinski definition) is 5. The zero-order valence-corrected chi connectivity index (χ0v) is 9.97. The molecule has 1 N–H and O–H groups in total. The number of aromatic nitrogens is 2. The second-order valence-electron chi connectivity index (χ2n) is 4.19. The van der Waals surface area contributed by atoms with Crippen molar-refractivity contribution >= 4 is 0 Å². The van der Waals surface area contributed by atoms with Gasteiger partial charge in [-0.25, -0.2) is 0 Å². The van der Waals surface area contributed by atoms with Gasteiger partial charge < -0.3 is 14.4 Å². The van der Waals surface area contributed by atoms with E-state index in [1.807, 2.05) is 13.8 Å². The monoisotopic (exact) mass is 234 g/mol. The number of hydrogen-bond donors (Lipinski definition) is 1. The Kier molecular flexibility index (Phi) is 2.85. The van der Waals surface area contributed by atoms with Crippen LogP contribution >= 0.6 is 0 Å². The summed E-state index contributed by atoms with van der Waals surface area (Å²) >= 11 is 0. The van der Waals surface area contributed by atoms with Crippen molar-refractivity contribution in [3.8, 4) is 17.1 Å². The first-order chi connectivity index (χ1) is 8.03. The molecule has 0 spiro atoms. The molecule has 2 aromatic rings. The largest absolute Gasteiger partial charge is 0.508 e. The van der Waals surface area contributed by atoms with Crippen LogP contribution in [0.2, 0.25) is 0 Å². The van der Waals surface area contributed by atoms with Crippen molar-refractivity contribution in [2.24, 2.45) is 0 Å². The first-order valence-corrected chi connectivity index (χ1v) is 5.21. The highest BCUT2D eigenvalue weighted by Gasteiger charge is 2.27. The van der Waals surface area contributed by atoms with Crippen LogP contribution in [0.4, 0.5) is 0 Å². The lowest BCUT2D eigenvalue weighted by molar-refractivity contribution is -0.00786. The molecule has 0 fully saturated rings. The number of ether oxygens (including phenoxy) is 1. The summed E-state index contributed by atoms with van der Waals surface area (Å²) in [5.74, 6) is 0.999. The molecule has 5 heteroatoms. The molecule has 0 aliphatic heterocycles. The molecule has 0 unspecified atom stereocenters. The lowest BCUT2D eigenvalue weighted by Crippen LogP contribution is -2.19. The molecule has 0 bridgehead atoms. The van der Waals surface area contributed by atoms with Crippen LogP contribution in [0, 0.1) is 0 Å². The molecule has 0 atom stereocenters. The molecular weight excluding hydrogens is 220 g/mol. The topological polar surface area (TPSA) is 68.4 Å². The van der Waals surface area contributed by atoms with Gasteiger partial charge >= 0.3 is 0 Å². The van der Waals surface area contributed by atoms with Crippen LogP contribution in [0.3, 0.4) is 0 Å². The summed E-state index contributed by atoms with van der Waals surface area (Å²) in [5.41, 5.74) is 0.0779. The summed E-state index contributed by atoms with van der Waals surface area (Å²) < 4.78 is 10.4. The van der Waals surface area contributed by atoms with E-state index in [1.54, 1.807) is 31.4 Å². The fraction of sp³-hybridized carbons (Fsp3) is 0.333. The Morgan fingerprint density at radius 3 is 2.76 bits per heavy atom. The number of rotatable bonds is 3. The minimum Gasteiger partial charge on any atom is -0.508 e. The van der Waals surface area contributed by atoms with Gasteiger partial charge in [-0.05, 0) is 26.0 Å². The maximum absolute atomic E-state index is 9.38. The minimum absolute atomic E-state index is 0.167. The van der Waals surface area contributed by atoms with Gasteiger partial charge in [-0.15, -0.1) is 0 Å². The molecule has 1 aromatic carbocycles. The Labute approximate surface area is 99.0 Å². The average molecular weight is 234 g/mol. The smallest absolute Gasteiger partial charge is 0.258 e. The Hall–Kier alpha value is -1.88. The average Bonchev–Trinajstić information content (AvgIpc) is 2.79. The van der Waals surface area contributed by atoms with E-state index in [4.69, 9.17) is 9.26 Å². The number of methoxy groups -OCH3 is 1. The van der Waals surface area contributed by atoms with Crippen LogP contribution < -0.4 is 0 Å². The molecule has 1 heterocycles. The molecule has 0 amide bonds. The Morgan fingerprint density at radius 2 is 2.12 bits per heavy atom. The maximum atomic E-state index is 9.38. The van der Waals surface area contributed by atoms with E-state index in [0.717, 1.165) is 0 Å². The lowest BCUT2D eigenvalue weighted by atomic mass is 10.1. The van der Waals surface area contributed by atoms with Crippen molar-refractivity contribution in [2.45, 2.75) is 19.4 Å². The summed E-state index contributed by atoms with van der Waals surface area (Å²) in [6, 6.07) is 6.69. The highest BCUT2D eigenvalue weighted by molar-refractivity contribution is 5.56. The van der Waals surface area contributed by atoms with Crippen molar-refractivity contribution in [3.05, 3.63) is 30.2 Å². The van der Waals surface area contributed by atoms with E-state index < -0.39 is 5.60 Å². The van der Waals surface area contributed by atoms with E-state index in [2.05, 4.69) is 10.1 Å². The van der Waals surface area contributed by atoms with Crippen LogP contribution in [-0.2, 0) is 10.3 Å². The zero-order chi connectivity index (χ0) is 12.5. The van der Waals surface area contributed by atoms with Gasteiger partial charge in [-0.3, -0.25) is 0 Å². The van der Waals surface area contributed by atoms with Gasteiger partial charge in [0.15, 0.2) is 0 Å². The highest BCUT2D eigenvalue weighted by Crippen LogP contribution is 2.26. The number of phenolic OH excluding ortho intramolecular Hbond substituents is 1. The van der Waals surface area contributed by atoms with Crippen LogP contribution in [-0.4, -0.2) is 22.4 Å². The molecule has 0 saturated carbocycles. The molecule has 2 rings (SSSR count). The summed E-state index contributed by atoms with van der Waals surface area (Å²) in [4.78, 5) is 4.25. The van der Waals surface area contributed by atoms with Gasteiger partial charge in [-0.2, -0.15) is 4.98 Å². The normalized spacial score (nSPS) is 11.7. The molecule has 17 heavy (non-hydrogen) atoms. The molecule has 1 aromatic heterocycles. The van der Waals surface area contributed by atoms with Crippen molar-refractivity contribution in [2.75, 3.05) is 7.11 Å². The van der Waals surface area contributed by atoms with Crippen molar-refractivity contribution in [3.63, 3.8) is 0 Å². The molecule has 0 aliphatic rings. The predicted octanol–water partition coefficient (Wildman–Crippen LogP) is 2.32. The van der Waals surface area contributed by atoms with Gasteiger partial charge in [0, 0.05) is 12.7 Å². The number of phenols is 1. The molecule has 90 valence electrons. The lowest BCUT2D eigenvalue weighted by Gasteiger charge is -2.16. The SMILES string of the molecule is COC(C)(C)c1nc(-c2cccc(O)c2)no1. The first-order valence-electron chi connectivity index (χ1n) is 5.21. The molecule has 0 saturated heterocycles. The van der Waals surface area contributed by atoms with Gasteiger partial charge in [0.25, 0.3) is 5.89 Å². The van der Waals surface area contributed by atoms with Crippen LogP contribution in [0.25, 0.3) is 11.4 Å². The molecule has 0 aliphatic carbocycles. The number of nitrogens with zero attached hydrogens (tertiary/aromatic N) is 2. The van der Waals surface area contributed by atoms with E-state index >= 15 is 0 Å². The van der Waals surface area contributed by atoms with Gasteiger partial charge in [0.1, 0.15) is 11.4 Å². The van der Waals surface area contributed by atoms with E-state index in [-0.39, 0.29) is 5.75 Å². The van der Waals surface area contributed by atoms with Gasteiger partial charge in [0.05, 0.1) is 0 Å². The van der Waals surface area contributed by atoms with Crippen LogP contribution in [0.15, 0.2) is 28.8 Å².